The molecule has 1 amide bonds. The zero-order chi connectivity index (χ0) is 14.1. The van der Waals surface area contributed by atoms with Gasteiger partial charge in [0.15, 0.2) is 0 Å². The lowest BCUT2D eigenvalue weighted by Gasteiger charge is -2.02. The van der Waals surface area contributed by atoms with Crippen molar-refractivity contribution in [3.8, 4) is 0 Å². The van der Waals surface area contributed by atoms with E-state index in [0.29, 0.717) is 17.8 Å². The van der Waals surface area contributed by atoms with Crippen molar-refractivity contribution in [2.24, 2.45) is 0 Å². The Labute approximate surface area is 120 Å². The van der Waals surface area contributed by atoms with Crippen LogP contribution in [0.5, 0.6) is 0 Å². The molecule has 0 saturated carbocycles. The quantitative estimate of drug-likeness (QED) is 0.777. The molecule has 3 aromatic rings. The van der Waals surface area contributed by atoms with Crippen LogP contribution in [0, 0.1) is 13.8 Å². The minimum absolute atomic E-state index is 0.118. The molecule has 2 N–H and O–H groups in total. The molecule has 3 rings (SSSR count). The van der Waals surface area contributed by atoms with Crippen LogP contribution in [-0.4, -0.2) is 21.1 Å². The Hall–Kier alpha value is -2.21. The van der Waals surface area contributed by atoms with Crippen LogP contribution in [0.2, 0.25) is 0 Å². The van der Waals surface area contributed by atoms with Crippen LogP contribution < -0.4 is 5.32 Å². The number of benzene rings is 1. The predicted octanol–water partition coefficient (Wildman–Crippen LogP) is 2.57. The van der Waals surface area contributed by atoms with Gasteiger partial charge in [-0.15, -0.1) is 11.3 Å². The molecule has 2 aromatic heterocycles. The number of nitrogens with one attached hydrogen (secondary N) is 2. The van der Waals surface area contributed by atoms with Gasteiger partial charge in [-0.2, -0.15) is 5.10 Å². The fourth-order valence-electron chi connectivity index (χ4n) is 2.13. The van der Waals surface area contributed by atoms with Crippen molar-refractivity contribution in [2.75, 3.05) is 0 Å². The highest BCUT2D eigenvalue weighted by atomic mass is 32.1. The molecule has 5 nitrogen and oxygen atoms in total. The third-order valence-electron chi connectivity index (χ3n) is 3.09. The second kappa shape index (κ2) is 5.05. The molecule has 0 spiro atoms. The largest absolute Gasteiger partial charge is 0.345 e. The third kappa shape index (κ3) is 2.30. The fourth-order valence-corrected chi connectivity index (χ4v) is 3.03. The van der Waals surface area contributed by atoms with Gasteiger partial charge in [-0.05, 0) is 26.0 Å². The van der Waals surface area contributed by atoms with E-state index < -0.39 is 0 Å². The lowest BCUT2D eigenvalue weighted by atomic mass is 10.2. The highest BCUT2D eigenvalue weighted by molar-refractivity contribution is 7.18. The number of thiazole rings is 1. The molecule has 6 heteroatoms. The van der Waals surface area contributed by atoms with E-state index >= 15 is 0 Å². The van der Waals surface area contributed by atoms with E-state index in [0.717, 1.165) is 20.9 Å². The molecule has 0 bridgehead atoms. The standard InChI is InChI=1S/C14H14N4OS/c1-8-13(9(2)18-17-8)14(19)15-7-12-16-10-5-3-4-6-11(10)20-12/h3-6H,7H2,1-2H3,(H,15,19)(H,17,18). The molecule has 102 valence electrons. The highest BCUT2D eigenvalue weighted by Gasteiger charge is 2.15. The number of carbonyl (C=O) groups excluding carboxylic acids is 1. The van der Waals surface area contributed by atoms with Gasteiger partial charge in [0.1, 0.15) is 5.01 Å². The topological polar surface area (TPSA) is 70.7 Å². The average molecular weight is 286 g/mol. The van der Waals surface area contributed by atoms with Gasteiger partial charge in [0, 0.05) is 5.69 Å². The summed E-state index contributed by atoms with van der Waals surface area (Å²) in [5, 5.41) is 10.6. The number of H-pyrrole nitrogens is 1. The molecule has 0 saturated heterocycles. The summed E-state index contributed by atoms with van der Waals surface area (Å²) in [4.78, 5) is 16.6. The van der Waals surface area contributed by atoms with Gasteiger partial charge in [-0.1, -0.05) is 12.1 Å². The number of fused-ring (bicyclic) bond motifs is 1. The van der Waals surface area contributed by atoms with Crippen LogP contribution in [0.15, 0.2) is 24.3 Å². The van der Waals surface area contributed by atoms with Crippen LogP contribution in [-0.2, 0) is 6.54 Å². The Bertz CT molecular complexity index is 722. The second-order valence-electron chi connectivity index (χ2n) is 4.57. The Kier molecular flexibility index (Phi) is 3.23. The molecular weight excluding hydrogens is 272 g/mol. The maximum Gasteiger partial charge on any atom is 0.255 e. The van der Waals surface area contributed by atoms with Gasteiger partial charge >= 0.3 is 0 Å². The monoisotopic (exact) mass is 286 g/mol. The predicted molar refractivity (Wildman–Crippen MR) is 78.9 cm³/mol. The molecule has 0 aliphatic heterocycles. The number of aromatic nitrogens is 3. The summed E-state index contributed by atoms with van der Waals surface area (Å²) in [6.45, 7) is 4.09. The van der Waals surface area contributed by atoms with E-state index in [-0.39, 0.29) is 5.91 Å². The number of aromatic amines is 1. The molecular formula is C14H14N4OS. The lowest BCUT2D eigenvalue weighted by Crippen LogP contribution is -2.23. The van der Waals surface area contributed by atoms with E-state index in [2.05, 4.69) is 20.5 Å². The number of nitrogens with zero attached hydrogens (tertiary/aromatic N) is 2. The summed E-state index contributed by atoms with van der Waals surface area (Å²) < 4.78 is 1.13. The van der Waals surface area contributed by atoms with Gasteiger partial charge in [-0.3, -0.25) is 9.89 Å². The Morgan fingerprint density at radius 3 is 2.85 bits per heavy atom. The molecule has 0 aliphatic carbocycles. The summed E-state index contributed by atoms with van der Waals surface area (Å²) in [7, 11) is 0. The van der Waals surface area contributed by atoms with Crippen LogP contribution in [0.4, 0.5) is 0 Å². The van der Waals surface area contributed by atoms with E-state index in [4.69, 9.17) is 0 Å². The van der Waals surface area contributed by atoms with Crippen LogP contribution in [0.1, 0.15) is 26.8 Å². The zero-order valence-corrected chi connectivity index (χ0v) is 12.0. The summed E-state index contributed by atoms with van der Waals surface area (Å²) >= 11 is 1.60. The molecule has 0 radical (unpaired) electrons. The maximum absolute atomic E-state index is 12.1. The normalized spacial score (nSPS) is 10.9. The van der Waals surface area contributed by atoms with E-state index in [9.17, 15) is 4.79 Å². The summed E-state index contributed by atoms with van der Waals surface area (Å²) in [5.74, 6) is -0.118. The van der Waals surface area contributed by atoms with Gasteiger partial charge in [0.2, 0.25) is 0 Å². The highest BCUT2D eigenvalue weighted by Crippen LogP contribution is 2.21. The van der Waals surface area contributed by atoms with Crippen molar-refractivity contribution in [1.29, 1.82) is 0 Å². The molecule has 0 unspecified atom stereocenters. The number of hydrogen-bond acceptors (Lipinski definition) is 4. The first-order chi connectivity index (χ1) is 9.65. The van der Waals surface area contributed by atoms with Crippen LogP contribution >= 0.6 is 11.3 Å². The third-order valence-corrected chi connectivity index (χ3v) is 4.13. The minimum Gasteiger partial charge on any atom is -0.345 e. The van der Waals surface area contributed by atoms with Crippen molar-refractivity contribution in [1.82, 2.24) is 20.5 Å². The van der Waals surface area contributed by atoms with Gasteiger partial charge < -0.3 is 5.32 Å². The summed E-state index contributed by atoms with van der Waals surface area (Å²) in [6.07, 6.45) is 0. The van der Waals surface area contributed by atoms with Crippen molar-refractivity contribution < 1.29 is 4.79 Å². The van der Waals surface area contributed by atoms with Crippen LogP contribution in [0.3, 0.4) is 0 Å². The first-order valence-electron chi connectivity index (χ1n) is 6.29. The van der Waals surface area contributed by atoms with Gasteiger partial charge in [-0.25, -0.2) is 4.98 Å². The fraction of sp³-hybridized carbons (Fsp3) is 0.214. The van der Waals surface area contributed by atoms with Gasteiger partial charge in [0.05, 0.1) is 28.0 Å². The number of aryl methyl sites for hydroxylation is 2. The summed E-state index contributed by atoms with van der Waals surface area (Å²) in [5.41, 5.74) is 3.08. The molecule has 20 heavy (non-hydrogen) atoms. The number of hydrogen-bond donors (Lipinski definition) is 2. The van der Waals surface area contributed by atoms with E-state index in [1.165, 1.54) is 0 Å². The average Bonchev–Trinajstić information content (AvgIpc) is 2.99. The Morgan fingerprint density at radius 1 is 1.35 bits per heavy atom. The molecule has 2 heterocycles. The maximum atomic E-state index is 12.1. The zero-order valence-electron chi connectivity index (χ0n) is 11.2. The lowest BCUT2D eigenvalue weighted by molar-refractivity contribution is 0.0949. The number of carbonyl (C=O) groups is 1. The molecule has 0 aliphatic rings. The number of para-hydroxylation sites is 1. The number of amides is 1. The molecule has 0 atom stereocenters. The van der Waals surface area contributed by atoms with E-state index in [1.807, 2.05) is 38.1 Å². The van der Waals surface area contributed by atoms with E-state index in [1.54, 1.807) is 11.3 Å². The Morgan fingerprint density at radius 2 is 2.15 bits per heavy atom. The molecule has 0 fully saturated rings. The van der Waals surface area contributed by atoms with Crippen molar-refractivity contribution in [3.05, 3.63) is 46.2 Å². The van der Waals surface area contributed by atoms with Crippen molar-refractivity contribution >= 4 is 27.5 Å². The second-order valence-corrected chi connectivity index (χ2v) is 5.68. The SMILES string of the molecule is Cc1n[nH]c(C)c1C(=O)NCc1nc2ccccc2s1. The summed E-state index contributed by atoms with van der Waals surface area (Å²) in [6, 6.07) is 7.95. The minimum atomic E-state index is -0.118. The number of rotatable bonds is 3. The van der Waals surface area contributed by atoms with Crippen molar-refractivity contribution in [3.63, 3.8) is 0 Å². The first-order valence-corrected chi connectivity index (χ1v) is 7.11. The Balaban J connectivity index is 1.74. The molecule has 1 aromatic carbocycles. The first kappa shape index (κ1) is 12.8. The smallest absolute Gasteiger partial charge is 0.255 e. The van der Waals surface area contributed by atoms with Crippen LogP contribution in [0.25, 0.3) is 10.2 Å². The van der Waals surface area contributed by atoms with Crippen molar-refractivity contribution in [2.45, 2.75) is 20.4 Å². The van der Waals surface area contributed by atoms with Gasteiger partial charge in [0.25, 0.3) is 5.91 Å².